The predicted molar refractivity (Wildman–Crippen MR) is 61.0 cm³/mol. The van der Waals surface area contributed by atoms with E-state index in [-0.39, 0.29) is 0 Å². The normalized spacial score (nSPS) is 13.2. The molecule has 11 heteroatoms. The Morgan fingerprint density at radius 2 is 1.65 bits per heavy atom. The summed E-state index contributed by atoms with van der Waals surface area (Å²) in [7, 11) is -9.37. The van der Waals surface area contributed by atoms with Crippen LogP contribution in [0, 0.1) is 6.92 Å². The van der Waals surface area contributed by atoms with Gasteiger partial charge in [-0.05, 0) is 24.6 Å². The first-order valence-corrected chi connectivity index (χ1v) is 8.05. The molecule has 0 bridgehead atoms. The standard InChI is InChI=1S/C9H9F3O6S2/c1-6-3-4-8(7(5-6)17-19(2,13)14)20(15,16)18-9(10,11)12/h3-5H,1-2H3. The molecule has 0 spiro atoms. The molecule has 0 N–H and O–H groups in total. The molecule has 1 rings (SSSR count). The number of hydrogen-bond donors (Lipinski definition) is 0. The van der Waals surface area contributed by atoms with E-state index in [2.05, 4.69) is 8.37 Å². The summed E-state index contributed by atoms with van der Waals surface area (Å²) in [6, 6.07) is 2.90. The molecule has 0 atom stereocenters. The zero-order chi connectivity index (χ0) is 15.8. The van der Waals surface area contributed by atoms with Gasteiger partial charge in [-0.2, -0.15) is 21.0 Å². The molecule has 0 heterocycles. The van der Waals surface area contributed by atoms with Crippen LogP contribution in [0.3, 0.4) is 0 Å². The van der Waals surface area contributed by atoms with E-state index >= 15 is 0 Å². The fourth-order valence-corrected chi connectivity index (χ4v) is 2.66. The van der Waals surface area contributed by atoms with E-state index in [0.717, 1.165) is 12.1 Å². The summed E-state index contributed by atoms with van der Waals surface area (Å²) in [6.07, 6.45) is -4.82. The lowest BCUT2D eigenvalue weighted by atomic mass is 10.2. The van der Waals surface area contributed by atoms with Gasteiger partial charge >= 0.3 is 26.6 Å². The van der Waals surface area contributed by atoms with Gasteiger partial charge < -0.3 is 4.18 Å². The average Bonchev–Trinajstić information content (AvgIpc) is 2.09. The molecule has 0 fully saturated rings. The smallest absolute Gasteiger partial charge is 0.381 e. The molecule has 0 saturated carbocycles. The van der Waals surface area contributed by atoms with Gasteiger partial charge in [0.05, 0.1) is 6.26 Å². The summed E-state index contributed by atoms with van der Waals surface area (Å²) in [5.74, 6) is -0.767. The van der Waals surface area contributed by atoms with Crippen molar-refractivity contribution in [1.82, 2.24) is 0 Å². The van der Waals surface area contributed by atoms with Crippen LogP contribution in [0.15, 0.2) is 23.1 Å². The summed E-state index contributed by atoms with van der Waals surface area (Å²) in [4.78, 5) is -1.04. The van der Waals surface area contributed by atoms with Crippen molar-refractivity contribution in [3.63, 3.8) is 0 Å². The second-order valence-electron chi connectivity index (χ2n) is 3.72. The van der Waals surface area contributed by atoms with Gasteiger partial charge in [-0.3, -0.25) is 0 Å². The van der Waals surface area contributed by atoms with Gasteiger partial charge in [0.2, 0.25) is 0 Å². The third-order valence-electron chi connectivity index (χ3n) is 1.81. The topological polar surface area (TPSA) is 86.7 Å². The molecule has 1 aromatic rings. The number of alkyl halides is 3. The van der Waals surface area contributed by atoms with Crippen LogP contribution in [-0.2, 0) is 24.4 Å². The van der Waals surface area contributed by atoms with E-state index in [1.807, 2.05) is 0 Å². The summed E-state index contributed by atoms with van der Waals surface area (Å²) < 4.78 is 88.3. The van der Waals surface area contributed by atoms with Gasteiger partial charge in [-0.25, -0.2) is 0 Å². The maximum Gasteiger partial charge on any atom is 0.537 e. The van der Waals surface area contributed by atoms with Crippen LogP contribution in [0.25, 0.3) is 0 Å². The molecule has 0 aliphatic heterocycles. The Morgan fingerprint density at radius 1 is 1.10 bits per heavy atom. The van der Waals surface area contributed by atoms with E-state index < -0.39 is 37.2 Å². The lowest BCUT2D eigenvalue weighted by molar-refractivity contribution is -0.271. The highest BCUT2D eigenvalue weighted by Gasteiger charge is 2.39. The Kier molecular flexibility index (Phi) is 4.36. The molecule has 0 radical (unpaired) electrons. The van der Waals surface area contributed by atoms with Gasteiger partial charge in [0.15, 0.2) is 5.75 Å². The number of halogens is 3. The third-order valence-corrected chi connectivity index (χ3v) is 3.58. The number of rotatable bonds is 4. The minimum Gasteiger partial charge on any atom is -0.381 e. The summed E-state index contributed by atoms with van der Waals surface area (Å²) >= 11 is 0. The second kappa shape index (κ2) is 5.22. The molecular weight excluding hydrogens is 325 g/mol. The number of aryl methyl sites for hydroxylation is 1. The van der Waals surface area contributed by atoms with Crippen molar-refractivity contribution in [2.75, 3.05) is 6.26 Å². The van der Waals surface area contributed by atoms with E-state index in [0.29, 0.717) is 11.8 Å². The number of benzene rings is 1. The van der Waals surface area contributed by atoms with Crippen molar-refractivity contribution in [1.29, 1.82) is 0 Å². The lowest BCUT2D eigenvalue weighted by Gasteiger charge is -2.12. The number of hydrogen-bond acceptors (Lipinski definition) is 6. The van der Waals surface area contributed by atoms with Crippen LogP contribution in [-0.4, -0.2) is 29.5 Å². The SMILES string of the molecule is Cc1ccc(S(=O)(=O)OC(F)(F)F)c(OS(C)(=O)=O)c1. The van der Waals surface area contributed by atoms with Gasteiger partial charge in [0, 0.05) is 0 Å². The maximum atomic E-state index is 12.0. The quantitative estimate of drug-likeness (QED) is 0.777. The first-order valence-electron chi connectivity index (χ1n) is 4.83. The lowest BCUT2D eigenvalue weighted by Crippen LogP contribution is -2.21. The van der Waals surface area contributed by atoms with Gasteiger partial charge in [0.1, 0.15) is 4.90 Å². The largest absolute Gasteiger partial charge is 0.537 e. The summed E-state index contributed by atoms with van der Waals surface area (Å²) in [5, 5.41) is 0. The highest BCUT2D eigenvalue weighted by atomic mass is 32.2. The van der Waals surface area contributed by atoms with E-state index in [9.17, 15) is 30.0 Å². The van der Waals surface area contributed by atoms with Gasteiger partial charge in [-0.1, -0.05) is 6.07 Å². The molecule has 114 valence electrons. The Balaban J connectivity index is 3.38. The third kappa shape index (κ3) is 4.98. The Hall–Kier alpha value is -1.33. The molecule has 0 unspecified atom stereocenters. The minimum atomic E-state index is -5.44. The fraction of sp³-hybridized carbons (Fsp3) is 0.333. The zero-order valence-corrected chi connectivity index (χ0v) is 11.8. The molecule has 0 aliphatic carbocycles. The van der Waals surface area contributed by atoms with Crippen LogP contribution in [0.2, 0.25) is 0 Å². The van der Waals surface area contributed by atoms with Crippen LogP contribution in [0.5, 0.6) is 5.75 Å². The van der Waals surface area contributed by atoms with Gasteiger partial charge in [0.25, 0.3) is 0 Å². The van der Waals surface area contributed by atoms with Crippen LogP contribution in [0.1, 0.15) is 5.56 Å². The Bertz CT molecular complexity index is 706. The summed E-state index contributed by atoms with van der Waals surface area (Å²) in [6.45, 7) is 1.47. The van der Waals surface area contributed by atoms with Crippen molar-refractivity contribution in [2.24, 2.45) is 0 Å². The molecule has 1 aromatic carbocycles. The molecule has 20 heavy (non-hydrogen) atoms. The van der Waals surface area contributed by atoms with Crippen LogP contribution >= 0.6 is 0 Å². The second-order valence-corrected chi connectivity index (χ2v) is 6.81. The highest BCUT2D eigenvalue weighted by Crippen LogP contribution is 2.31. The van der Waals surface area contributed by atoms with Crippen molar-refractivity contribution in [3.05, 3.63) is 23.8 Å². The Morgan fingerprint density at radius 3 is 2.10 bits per heavy atom. The molecule has 0 amide bonds. The monoisotopic (exact) mass is 334 g/mol. The molecule has 0 aromatic heterocycles. The first-order chi connectivity index (χ1) is 8.80. The van der Waals surface area contributed by atoms with Crippen molar-refractivity contribution < 1.29 is 38.4 Å². The summed E-state index contributed by atoms with van der Waals surface area (Å²) in [5.41, 5.74) is 0.384. The first kappa shape index (κ1) is 16.7. The minimum absolute atomic E-state index is 0.384. The Labute approximate surface area is 113 Å². The van der Waals surface area contributed by atoms with E-state index in [1.165, 1.54) is 13.0 Å². The predicted octanol–water partition coefficient (Wildman–Crippen LogP) is 1.56. The van der Waals surface area contributed by atoms with Crippen molar-refractivity contribution >= 4 is 20.2 Å². The highest BCUT2D eigenvalue weighted by molar-refractivity contribution is 7.87. The van der Waals surface area contributed by atoms with Crippen molar-refractivity contribution in [3.8, 4) is 5.75 Å². The van der Waals surface area contributed by atoms with E-state index in [1.54, 1.807) is 0 Å². The average molecular weight is 334 g/mol. The zero-order valence-electron chi connectivity index (χ0n) is 10.1. The molecule has 0 aliphatic rings. The fourth-order valence-electron chi connectivity index (χ4n) is 1.22. The molecule has 0 saturated heterocycles. The van der Waals surface area contributed by atoms with Gasteiger partial charge in [-0.15, -0.1) is 13.2 Å². The van der Waals surface area contributed by atoms with Crippen molar-refractivity contribution in [2.45, 2.75) is 18.2 Å². The van der Waals surface area contributed by atoms with Crippen LogP contribution in [0.4, 0.5) is 13.2 Å². The maximum absolute atomic E-state index is 12.0. The van der Waals surface area contributed by atoms with Crippen LogP contribution < -0.4 is 4.18 Å². The molecule has 6 nitrogen and oxygen atoms in total. The molecular formula is C9H9F3O6S2. The van der Waals surface area contributed by atoms with E-state index in [4.69, 9.17) is 0 Å².